The molecule has 0 bridgehead atoms. The lowest BCUT2D eigenvalue weighted by Gasteiger charge is -2.26. The van der Waals surface area contributed by atoms with Gasteiger partial charge < -0.3 is 9.84 Å². The van der Waals surface area contributed by atoms with Crippen molar-refractivity contribution in [3.63, 3.8) is 0 Å². The first-order chi connectivity index (χ1) is 14.1. The number of nitrogens with one attached hydrogen (secondary N) is 1. The van der Waals surface area contributed by atoms with Crippen LogP contribution in [0.25, 0.3) is 22.5 Å². The molecule has 0 spiro atoms. The van der Waals surface area contributed by atoms with Gasteiger partial charge in [0, 0.05) is 35.4 Å². The summed E-state index contributed by atoms with van der Waals surface area (Å²) in [6.45, 7) is 4.88. The second kappa shape index (κ2) is 8.09. The van der Waals surface area contributed by atoms with Crippen LogP contribution in [0.2, 0.25) is 0 Å². The van der Waals surface area contributed by atoms with Crippen LogP contribution in [-0.4, -0.2) is 40.7 Å². The molecule has 150 valence electrons. The number of anilines is 1. The number of ether oxygens (including phenoxy) is 1. The Hall–Kier alpha value is -3.12. The fourth-order valence-corrected chi connectivity index (χ4v) is 3.91. The van der Waals surface area contributed by atoms with Gasteiger partial charge in [-0.05, 0) is 31.0 Å². The molecule has 2 aromatic carbocycles. The highest BCUT2D eigenvalue weighted by Gasteiger charge is 2.25. The molecule has 1 aromatic heterocycles. The van der Waals surface area contributed by atoms with Gasteiger partial charge in [0.1, 0.15) is 0 Å². The summed E-state index contributed by atoms with van der Waals surface area (Å²) in [5.74, 6) is 0. The fraction of sp³-hybridized carbons (Fsp3) is 0.304. The van der Waals surface area contributed by atoms with Crippen LogP contribution in [0.1, 0.15) is 31.4 Å². The highest BCUT2D eigenvalue weighted by atomic mass is 16.5. The average Bonchev–Trinajstić information content (AvgIpc) is 3.28. The van der Waals surface area contributed by atoms with Gasteiger partial charge in [-0.3, -0.25) is 10.00 Å². The zero-order chi connectivity index (χ0) is 20.4. The second-order valence-corrected chi connectivity index (χ2v) is 7.38. The summed E-state index contributed by atoms with van der Waals surface area (Å²) in [6, 6.07) is 15.6. The Morgan fingerprint density at radius 3 is 2.72 bits per heavy atom. The maximum atomic E-state index is 11.8. The molecule has 1 unspecified atom stereocenters. The predicted molar refractivity (Wildman–Crippen MR) is 113 cm³/mol. The monoisotopic (exact) mass is 391 g/mol. The van der Waals surface area contributed by atoms with Gasteiger partial charge in [0.25, 0.3) is 0 Å². The van der Waals surface area contributed by atoms with Gasteiger partial charge in [-0.1, -0.05) is 43.3 Å². The highest BCUT2D eigenvalue weighted by molar-refractivity contribution is 5.87. The molecule has 1 aliphatic carbocycles. The zero-order valence-electron chi connectivity index (χ0n) is 16.7. The Morgan fingerprint density at radius 2 is 2.00 bits per heavy atom. The molecule has 4 rings (SSSR count). The van der Waals surface area contributed by atoms with Crippen LogP contribution in [0.5, 0.6) is 0 Å². The van der Waals surface area contributed by atoms with Crippen molar-refractivity contribution in [2.45, 2.75) is 32.7 Å². The van der Waals surface area contributed by atoms with Crippen molar-refractivity contribution in [2.24, 2.45) is 0 Å². The third kappa shape index (κ3) is 3.63. The van der Waals surface area contributed by atoms with Crippen molar-refractivity contribution >= 4 is 11.8 Å². The average molecular weight is 391 g/mol. The van der Waals surface area contributed by atoms with Crippen molar-refractivity contribution in [1.29, 1.82) is 0 Å². The number of hydrogen-bond acceptors (Lipinski definition) is 3. The molecule has 0 aliphatic heterocycles. The molecule has 1 aliphatic rings. The van der Waals surface area contributed by atoms with E-state index in [1.54, 1.807) is 0 Å². The molecule has 29 heavy (non-hydrogen) atoms. The number of fused-ring (bicyclic) bond motifs is 3. The summed E-state index contributed by atoms with van der Waals surface area (Å²) in [6.07, 6.45) is 0.778. The van der Waals surface area contributed by atoms with E-state index in [1.807, 2.05) is 44.2 Å². The fourth-order valence-electron chi connectivity index (χ4n) is 3.91. The molecule has 3 aromatic rings. The number of benzene rings is 2. The lowest BCUT2D eigenvalue weighted by atomic mass is 10.0. The first-order valence-electron chi connectivity index (χ1n) is 9.96. The Bertz CT molecular complexity index is 1010. The van der Waals surface area contributed by atoms with Crippen LogP contribution < -0.4 is 4.90 Å². The third-order valence-electron chi connectivity index (χ3n) is 5.29. The molecular formula is C23H25N3O3. The Morgan fingerprint density at radius 1 is 1.24 bits per heavy atom. The maximum absolute atomic E-state index is 11.8. The quantitative estimate of drug-likeness (QED) is 0.437. The highest BCUT2D eigenvalue weighted by Crippen LogP contribution is 2.40. The van der Waals surface area contributed by atoms with Gasteiger partial charge in [0.15, 0.2) is 0 Å². The van der Waals surface area contributed by atoms with Crippen LogP contribution in [0, 0.1) is 0 Å². The summed E-state index contributed by atoms with van der Waals surface area (Å²) in [7, 11) is 0. The van der Waals surface area contributed by atoms with Crippen molar-refractivity contribution < 1.29 is 14.6 Å². The standard InChI is InChI=1S/C23H25N3O3/c1-3-12-29-14-15(2)26(23(27)28)18-10-8-16(9-11-18)21-20-13-17-6-4-5-7-19(17)22(20)25-24-21/h4-11,15H,3,12-14H2,1-2H3,(H,24,25)(H,27,28). The molecule has 6 nitrogen and oxygen atoms in total. The number of nitrogens with zero attached hydrogens (tertiary/aromatic N) is 2. The molecule has 2 N–H and O–H groups in total. The lowest BCUT2D eigenvalue weighted by molar-refractivity contribution is 0.120. The molecule has 1 amide bonds. The summed E-state index contributed by atoms with van der Waals surface area (Å²) < 4.78 is 5.54. The minimum absolute atomic E-state index is 0.269. The van der Waals surface area contributed by atoms with Gasteiger partial charge in [0.2, 0.25) is 0 Å². The van der Waals surface area contributed by atoms with Crippen LogP contribution in [0.15, 0.2) is 48.5 Å². The number of carbonyl (C=O) groups is 1. The Balaban J connectivity index is 1.57. The van der Waals surface area contributed by atoms with Gasteiger partial charge in [-0.2, -0.15) is 5.10 Å². The first-order valence-corrected chi connectivity index (χ1v) is 9.96. The summed E-state index contributed by atoms with van der Waals surface area (Å²) in [5.41, 5.74) is 7.29. The van der Waals surface area contributed by atoms with E-state index < -0.39 is 6.09 Å². The minimum atomic E-state index is -0.985. The largest absolute Gasteiger partial charge is 0.465 e. The SMILES string of the molecule is CCCOCC(C)N(C(=O)O)c1ccc(-c2n[nH]c3c2Cc2ccccc2-3)cc1. The number of aromatic nitrogens is 2. The maximum Gasteiger partial charge on any atom is 0.412 e. The lowest BCUT2D eigenvalue weighted by Crippen LogP contribution is -2.40. The van der Waals surface area contributed by atoms with Crippen molar-refractivity contribution in [3.8, 4) is 22.5 Å². The van der Waals surface area contributed by atoms with Gasteiger partial charge in [-0.25, -0.2) is 4.79 Å². The summed E-state index contributed by atoms with van der Waals surface area (Å²) in [4.78, 5) is 13.2. The third-order valence-corrected chi connectivity index (χ3v) is 5.29. The predicted octanol–water partition coefficient (Wildman–Crippen LogP) is 4.95. The van der Waals surface area contributed by atoms with E-state index >= 15 is 0 Å². The topological polar surface area (TPSA) is 78.4 Å². The van der Waals surface area contributed by atoms with Gasteiger partial charge in [-0.15, -0.1) is 0 Å². The number of amides is 1. The minimum Gasteiger partial charge on any atom is -0.465 e. The van der Waals surface area contributed by atoms with Gasteiger partial charge >= 0.3 is 6.09 Å². The summed E-state index contributed by atoms with van der Waals surface area (Å²) >= 11 is 0. The van der Waals surface area contributed by atoms with E-state index in [0.29, 0.717) is 18.9 Å². The number of H-pyrrole nitrogens is 1. The zero-order valence-corrected chi connectivity index (χ0v) is 16.7. The molecule has 1 heterocycles. The Kier molecular flexibility index (Phi) is 5.36. The van der Waals surface area contributed by atoms with Crippen LogP contribution in [-0.2, 0) is 11.2 Å². The van der Waals surface area contributed by atoms with E-state index in [-0.39, 0.29) is 6.04 Å². The van der Waals surface area contributed by atoms with Crippen molar-refractivity contribution in [2.75, 3.05) is 18.1 Å². The molecule has 0 fully saturated rings. The molecular weight excluding hydrogens is 366 g/mol. The van der Waals surface area contributed by atoms with E-state index in [0.717, 1.165) is 29.8 Å². The normalized spacial score (nSPS) is 13.0. The van der Waals surface area contributed by atoms with E-state index in [2.05, 4.69) is 28.4 Å². The number of carboxylic acid groups (broad SMARTS) is 1. The van der Waals surface area contributed by atoms with E-state index in [4.69, 9.17) is 4.74 Å². The summed E-state index contributed by atoms with van der Waals surface area (Å²) in [5, 5.41) is 17.4. The van der Waals surface area contributed by atoms with E-state index in [1.165, 1.54) is 21.6 Å². The molecule has 0 radical (unpaired) electrons. The van der Waals surface area contributed by atoms with Crippen LogP contribution in [0.3, 0.4) is 0 Å². The molecule has 0 saturated carbocycles. The number of aromatic amines is 1. The second-order valence-electron chi connectivity index (χ2n) is 7.38. The number of hydrogen-bond donors (Lipinski definition) is 2. The van der Waals surface area contributed by atoms with Crippen molar-refractivity contribution in [3.05, 3.63) is 59.7 Å². The molecule has 0 saturated heterocycles. The molecule has 1 atom stereocenters. The molecule has 6 heteroatoms. The smallest absolute Gasteiger partial charge is 0.412 e. The van der Waals surface area contributed by atoms with Gasteiger partial charge in [0.05, 0.1) is 24.0 Å². The first kappa shape index (κ1) is 19.2. The van der Waals surface area contributed by atoms with Crippen LogP contribution in [0.4, 0.5) is 10.5 Å². The Labute approximate surface area is 170 Å². The van der Waals surface area contributed by atoms with E-state index in [9.17, 15) is 9.90 Å². The van der Waals surface area contributed by atoms with Crippen molar-refractivity contribution in [1.82, 2.24) is 10.2 Å². The van der Waals surface area contributed by atoms with Crippen LogP contribution >= 0.6 is 0 Å². The number of rotatable bonds is 7.